The number of amides is 1. The topological polar surface area (TPSA) is 88.7 Å². The highest BCUT2D eigenvalue weighted by atomic mass is 35.5. The van der Waals surface area contributed by atoms with Gasteiger partial charge in [0.1, 0.15) is 11.4 Å². The Balaban J connectivity index is 1.96. The third-order valence-electron chi connectivity index (χ3n) is 2.92. The molecule has 1 amide bonds. The number of hydrogen-bond acceptors (Lipinski definition) is 3. The van der Waals surface area contributed by atoms with E-state index in [4.69, 9.17) is 17.3 Å². The maximum atomic E-state index is 12.2. The Kier molecular flexibility index (Phi) is 3.37. The molecule has 0 saturated carbocycles. The Hall–Kier alpha value is -2.73. The quantitative estimate of drug-likeness (QED) is 0.695. The van der Waals surface area contributed by atoms with Crippen LogP contribution in [0.5, 0.6) is 0 Å². The number of anilines is 2. The minimum absolute atomic E-state index is 0.303. The number of carbonyl (C=O) groups excluding carboxylic acids is 1. The van der Waals surface area contributed by atoms with Crippen molar-refractivity contribution in [3.05, 3.63) is 59.6 Å². The van der Waals surface area contributed by atoms with Crippen LogP contribution in [0, 0.1) is 0 Å². The number of halogens is 1. The minimum Gasteiger partial charge on any atom is -0.397 e. The molecule has 0 saturated heterocycles. The van der Waals surface area contributed by atoms with Crippen LogP contribution in [-0.2, 0) is 0 Å². The molecule has 0 radical (unpaired) electrons. The smallest absolute Gasteiger partial charge is 0.272 e. The summed E-state index contributed by atoms with van der Waals surface area (Å²) in [6, 6.07) is 8.59. The van der Waals surface area contributed by atoms with Gasteiger partial charge in [0.05, 0.1) is 10.7 Å². The molecule has 0 unspecified atom stereocenters. The summed E-state index contributed by atoms with van der Waals surface area (Å²) in [5.74, 6) is -0.303. The fourth-order valence-corrected chi connectivity index (χ4v) is 2.24. The maximum absolute atomic E-state index is 12.2. The first kappa shape index (κ1) is 13.3. The molecule has 0 aliphatic rings. The van der Waals surface area contributed by atoms with E-state index in [0.29, 0.717) is 27.8 Å². The number of H-pyrrole nitrogens is 1. The van der Waals surface area contributed by atoms with Crippen LogP contribution in [0.3, 0.4) is 0 Å². The van der Waals surface area contributed by atoms with Gasteiger partial charge in [-0.1, -0.05) is 17.7 Å². The van der Waals surface area contributed by atoms with Crippen LogP contribution in [-0.4, -0.2) is 20.7 Å². The van der Waals surface area contributed by atoms with Gasteiger partial charge in [0.25, 0.3) is 5.91 Å². The molecule has 0 fully saturated rings. The highest BCUT2D eigenvalue weighted by Gasteiger charge is 2.14. The molecule has 7 heteroatoms. The molecule has 3 aromatic rings. The van der Waals surface area contributed by atoms with Crippen LogP contribution in [0.4, 0.5) is 11.4 Å². The van der Waals surface area contributed by atoms with Crippen molar-refractivity contribution >= 4 is 28.9 Å². The SMILES string of the molecule is Nc1c[nH]c(C(=O)Nc2cccc(Cl)c2-n2cccn2)c1. The van der Waals surface area contributed by atoms with Crippen molar-refractivity contribution in [1.29, 1.82) is 0 Å². The maximum Gasteiger partial charge on any atom is 0.272 e. The van der Waals surface area contributed by atoms with Crippen LogP contribution >= 0.6 is 11.6 Å². The zero-order valence-corrected chi connectivity index (χ0v) is 11.6. The molecular formula is C14H12ClN5O. The average molecular weight is 302 g/mol. The predicted octanol–water partition coefficient (Wildman–Crippen LogP) is 2.69. The van der Waals surface area contributed by atoms with Crippen LogP contribution in [0.25, 0.3) is 5.69 Å². The summed E-state index contributed by atoms with van der Waals surface area (Å²) >= 11 is 6.21. The molecule has 6 nitrogen and oxygen atoms in total. The van der Waals surface area contributed by atoms with Crippen molar-refractivity contribution in [2.75, 3.05) is 11.1 Å². The van der Waals surface area contributed by atoms with E-state index in [2.05, 4.69) is 15.4 Å². The molecule has 0 spiro atoms. The lowest BCUT2D eigenvalue weighted by Gasteiger charge is -2.12. The first-order chi connectivity index (χ1) is 10.1. The van der Waals surface area contributed by atoms with Gasteiger partial charge in [-0.25, -0.2) is 4.68 Å². The standard InChI is InChI=1S/C14H12ClN5O/c15-10-3-1-4-11(13(10)20-6-2-5-18-20)19-14(21)12-7-9(16)8-17-12/h1-8,17H,16H2,(H,19,21). The van der Waals surface area contributed by atoms with Gasteiger partial charge in [-0.15, -0.1) is 0 Å². The fraction of sp³-hybridized carbons (Fsp3) is 0. The number of benzene rings is 1. The molecule has 0 atom stereocenters. The summed E-state index contributed by atoms with van der Waals surface area (Å²) in [4.78, 5) is 15.0. The van der Waals surface area contributed by atoms with Crippen LogP contribution in [0.2, 0.25) is 5.02 Å². The molecule has 2 heterocycles. The first-order valence-electron chi connectivity index (χ1n) is 6.19. The number of hydrogen-bond donors (Lipinski definition) is 3. The molecule has 3 rings (SSSR count). The molecule has 106 valence electrons. The Morgan fingerprint density at radius 3 is 2.90 bits per heavy atom. The van der Waals surface area contributed by atoms with Crippen molar-refractivity contribution in [2.45, 2.75) is 0 Å². The van der Waals surface area contributed by atoms with E-state index in [0.717, 1.165) is 0 Å². The second-order valence-electron chi connectivity index (χ2n) is 4.39. The van der Waals surface area contributed by atoms with Gasteiger partial charge in [-0.05, 0) is 24.3 Å². The molecule has 0 aliphatic carbocycles. The zero-order chi connectivity index (χ0) is 14.8. The fourth-order valence-electron chi connectivity index (χ4n) is 1.98. The lowest BCUT2D eigenvalue weighted by molar-refractivity contribution is 0.102. The van der Waals surface area contributed by atoms with Crippen molar-refractivity contribution in [3.8, 4) is 5.69 Å². The molecule has 1 aromatic carbocycles. The molecular weight excluding hydrogens is 290 g/mol. The van der Waals surface area contributed by atoms with Crippen LogP contribution in [0.15, 0.2) is 48.9 Å². The van der Waals surface area contributed by atoms with E-state index in [1.165, 1.54) is 0 Å². The van der Waals surface area contributed by atoms with E-state index in [1.807, 2.05) is 0 Å². The van der Waals surface area contributed by atoms with Crippen molar-refractivity contribution < 1.29 is 4.79 Å². The van der Waals surface area contributed by atoms with Gasteiger partial charge >= 0.3 is 0 Å². The third-order valence-corrected chi connectivity index (χ3v) is 3.22. The monoisotopic (exact) mass is 301 g/mol. The summed E-state index contributed by atoms with van der Waals surface area (Å²) in [6.45, 7) is 0. The van der Waals surface area contributed by atoms with E-state index in [9.17, 15) is 4.79 Å². The highest BCUT2D eigenvalue weighted by Crippen LogP contribution is 2.28. The van der Waals surface area contributed by atoms with Crippen LogP contribution < -0.4 is 11.1 Å². The number of nitrogens with zero attached hydrogens (tertiary/aromatic N) is 2. The number of rotatable bonds is 3. The van der Waals surface area contributed by atoms with E-state index >= 15 is 0 Å². The van der Waals surface area contributed by atoms with Gasteiger partial charge in [-0.3, -0.25) is 4.79 Å². The van der Waals surface area contributed by atoms with Gasteiger partial charge in [-0.2, -0.15) is 5.10 Å². The Labute approximate surface area is 125 Å². The van der Waals surface area contributed by atoms with Crippen molar-refractivity contribution in [2.24, 2.45) is 0 Å². The number of nitrogen functional groups attached to an aromatic ring is 1. The average Bonchev–Trinajstić information content (AvgIpc) is 3.10. The van der Waals surface area contributed by atoms with Crippen molar-refractivity contribution in [3.63, 3.8) is 0 Å². The van der Waals surface area contributed by atoms with Gasteiger partial charge in [0, 0.05) is 24.3 Å². The largest absolute Gasteiger partial charge is 0.397 e. The molecule has 0 bridgehead atoms. The normalized spacial score (nSPS) is 10.5. The summed E-state index contributed by atoms with van der Waals surface area (Å²) in [6.07, 6.45) is 4.95. The van der Waals surface area contributed by atoms with Gasteiger partial charge < -0.3 is 16.0 Å². The summed E-state index contributed by atoms with van der Waals surface area (Å²) in [5, 5.41) is 7.43. The summed E-state index contributed by atoms with van der Waals surface area (Å²) < 4.78 is 1.60. The third kappa shape index (κ3) is 2.61. The summed E-state index contributed by atoms with van der Waals surface area (Å²) in [7, 11) is 0. The van der Waals surface area contributed by atoms with E-state index in [1.54, 1.807) is 53.6 Å². The lowest BCUT2D eigenvalue weighted by atomic mass is 10.2. The lowest BCUT2D eigenvalue weighted by Crippen LogP contribution is -2.14. The number of nitrogens with two attached hydrogens (primary N) is 1. The number of nitrogens with one attached hydrogen (secondary N) is 2. The number of para-hydroxylation sites is 1. The molecule has 2 aromatic heterocycles. The Morgan fingerprint density at radius 2 is 2.24 bits per heavy atom. The molecule has 21 heavy (non-hydrogen) atoms. The minimum atomic E-state index is -0.303. The predicted molar refractivity (Wildman–Crippen MR) is 81.7 cm³/mol. The molecule has 0 aliphatic heterocycles. The van der Waals surface area contributed by atoms with Gasteiger partial charge in [0.15, 0.2) is 0 Å². The second-order valence-corrected chi connectivity index (χ2v) is 4.79. The number of aromatic nitrogens is 3. The van der Waals surface area contributed by atoms with E-state index < -0.39 is 0 Å². The first-order valence-corrected chi connectivity index (χ1v) is 6.57. The number of carbonyl (C=O) groups is 1. The Morgan fingerprint density at radius 1 is 1.38 bits per heavy atom. The number of aromatic amines is 1. The van der Waals surface area contributed by atoms with Crippen LogP contribution in [0.1, 0.15) is 10.5 Å². The summed E-state index contributed by atoms with van der Waals surface area (Å²) in [5.41, 5.74) is 7.64. The van der Waals surface area contributed by atoms with E-state index in [-0.39, 0.29) is 5.91 Å². The van der Waals surface area contributed by atoms with Gasteiger partial charge in [0.2, 0.25) is 0 Å². The molecule has 4 N–H and O–H groups in total. The Bertz CT molecular complexity index is 779. The van der Waals surface area contributed by atoms with Crippen molar-refractivity contribution in [1.82, 2.24) is 14.8 Å². The highest BCUT2D eigenvalue weighted by molar-refractivity contribution is 6.33. The zero-order valence-electron chi connectivity index (χ0n) is 10.9. The second kappa shape index (κ2) is 5.34.